The quantitative estimate of drug-likeness (QED) is 0.780. The number of rotatable bonds is 5. The molecule has 24 heavy (non-hydrogen) atoms. The van der Waals surface area contributed by atoms with Crippen molar-refractivity contribution in [2.75, 3.05) is 14.2 Å². The van der Waals surface area contributed by atoms with Crippen molar-refractivity contribution < 1.29 is 22.7 Å². The van der Waals surface area contributed by atoms with Crippen LogP contribution < -0.4 is 9.47 Å². The van der Waals surface area contributed by atoms with Crippen LogP contribution in [-0.4, -0.2) is 28.9 Å². The Balaban J connectivity index is 2.10. The predicted molar refractivity (Wildman–Crippen MR) is 90.0 cm³/mol. The summed E-state index contributed by atoms with van der Waals surface area (Å²) in [5.41, 5.74) is 1.17. The fourth-order valence-electron chi connectivity index (χ4n) is 2.74. The van der Waals surface area contributed by atoms with E-state index >= 15 is 0 Å². The van der Waals surface area contributed by atoms with E-state index in [1.54, 1.807) is 30.3 Å². The van der Waals surface area contributed by atoms with Crippen molar-refractivity contribution in [2.45, 2.75) is 10.8 Å². The molecule has 0 bridgehead atoms. The lowest BCUT2D eigenvalue weighted by Gasteiger charge is -2.10. The minimum absolute atomic E-state index is 0.141. The van der Waals surface area contributed by atoms with E-state index in [-0.39, 0.29) is 9.80 Å². The number of fused-ring (bicyclic) bond motifs is 1. The Morgan fingerprint density at radius 3 is 2.17 bits per heavy atom. The highest BCUT2D eigenvalue weighted by Crippen LogP contribution is 2.41. The van der Waals surface area contributed by atoms with Crippen LogP contribution >= 0.6 is 0 Å². The maximum absolute atomic E-state index is 13.0. The normalized spacial score (nSPS) is 16.2. The lowest BCUT2D eigenvalue weighted by atomic mass is 10.0. The largest absolute Gasteiger partial charge is 0.497 e. The summed E-state index contributed by atoms with van der Waals surface area (Å²) in [6.07, 6.45) is 2.21. The first-order valence-corrected chi connectivity index (χ1v) is 8.74. The molecule has 0 fully saturated rings. The lowest BCUT2D eigenvalue weighted by Crippen LogP contribution is -2.03. The van der Waals surface area contributed by atoms with Crippen LogP contribution in [0.5, 0.6) is 11.5 Å². The van der Waals surface area contributed by atoms with Crippen molar-refractivity contribution in [3.63, 3.8) is 0 Å². The van der Waals surface area contributed by atoms with Gasteiger partial charge >= 0.3 is 0 Å². The highest BCUT2D eigenvalue weighted by Gasteiger charge is 2.32. The third-order valence-electron chi connectivity index (χ3n) is 4.02. The number of carbonyl (C=O) groups excluding carboxylic acids is 1. The molecule has 6 heteroatoms. The van der Waals surface area contributed by atoms with Crippen LogP contribution in [0, 0.1) is 0 Å². The molecule has 1 aliphatic rings. The van der Waals surface area contributed by atoms with Gasteiger partial charge in [-0.1, -0.05) is 6.08 Å². The Kier molecular flexibility index (Phi) is 4.15. The molecule has 0 amide bonds. The van der Waals surface area contributed by atoms with Crippen LogP contribution in [-0.2, 0) is 14.6 Å². The van der Waals surface area contributed by atoms with Crippen LogP contribution in [0.25, 0.3) is 4.91 Å². The van der Waals surface area contributed by atoms with Crippen molar-refractivity contribution in [3.8, 4) is 11.5 Å². The fraction of sp³-hybridized carbons (Fsp3) is 0.167. The highest BCUT2D eigenvalue weighted by molar-refractivity contribution is 8.00. The van der Waals surface area contributed by atoms with Gasteiger partial charge in [0.15, 0.2) is 0 Å². The van der Waals surface area contributed by atoms with Crippen molar-refractivity contribution in [1.82, 2.24) is 0 Å². The third kappa shape index (κ3) is 2.59. The number of sulfone groups is 1. The van der Waals surface area contributed by atoms with E-state index in [0.29, 0.717) is 22.6 Å². The number of carbonyl (C=O) groups is 1. The monoisotopic (exact) mass is 344 g/mol. The van der Waals surface area contributed by atoms with Crippen LogP contribution in [0.3, 0.4) is 0 Å². The second-order valence-corrected chi connectivity index (χ2v) is 7.24. The van der Waals surface area contributed by atoms with Crippen LogP contribution in [0.4, 0.5) is 0 Å². The standard InChI is InChI=1S/C18H16O5S/c1-22-13-3-6-15(7-4-13)24(20,21)18-9-12(11-19)17-10-14(23-2)5-8-16(17)18/h3-12H,1-2H3. The highest BCUT2D eigenvalue weighted by atomic mass is 32.2. The summed E-state index contributed by atoms with van der Waals surface area (Å²) in [4.78, 5) is 11.7. The van der Waals surface area contributed by atoms with Crippen molar-refractivity contribution in [1.29, 1.82) is 0 Å². The summed E-state index contributed by atoms with van der Waals surface area (Å²) >= 11 is 0. The summed E-state index contributed by atoms with van der Waals surface area (Å²) in [5.74, 6) is 0.556. The zero-order valence-corrected chi connectivity index (χ0v) is 14.0. The SMILES string of the molecule is COc1ccc(S(=O)(=O)C2=CC(C=O)c3cc(OC)ccc32)cc1. The molecule has 0 aliphatic heterocycles. The van der Waals surface area contributed by atoms with Gasteiger partial charge in [0.2, 0.25) is 9.84 Å². The first-order valence-electron chi connectivity index (χ1n) is 7.26. The van der Waals surface area contributed by atoms with Gasteiger partial charge in [-0.25, -0.2) is 8.42 Å². The number of methoxy groups -OCH3 is 2. The molecule has 1 aliphatic carbocycles. The molecule has 1 unspecified atom stereocenters. The number of hydrogen-bond acceptors (Lipinski definition) is 5. The summed E-state index contributed by atoms with van der Waals surface area (Å²) < 4.78 is 36.1. The molecule has 1 atom stereocenters. The Bertz CT molecular complexity index is 911. The smallest absolute Gasteiger partial charge is 0.206 e. The van der Waals surface area contributed by atoms with Crippen molar-refractivity contribution >= 4 is 21.0 Å². The predicted octanol–water partition coefficient (Wildman–Crippen LogP) is 2.81. The van der Waals surface area contributed by atoms with Gasteiger partial charge in [0, 0.05) is 0 Å². The molecule has 0 saturated carbocycles. The van der Waals surface area contributed by atoms with E-state index in [9.17, 15) is 13.2 Å². The molecule has 2 aromatic rings. The van der Waals surface area contributed by atoms with E-state index in [1.165, 1.54) is 32.4 Å². The fourth-order valence-corrected chi connectivity index (χ4v) is 4.29. The summed E-state index contributed by atoms with van der Waals surface area (Å²) in [5, 5.41) is 0. The molecule has 0 saturated heterocycles. The molecular formula is C18H16O5S. The zero-order chi connectivity index (χ0) is 17.3. The first-order chi connectivity index (χ1) is 11.5. The van der Waals surface area contributed by atoms with Gasteiger partial charge < -0.3 is 14.3 Å². The minimum Gasteiger partial charge on any atom is -0.497 e. The summed E-state index contributed by atoms with van der Waals surface area (Å²) in [7, 11) is -0.696. The van der Waals surface area contributed by atoms with Gasteiger partial charge in [0.05, 0.1) is 29.9 Å². The van der Waals surface area contributed by atoms with Gasteiger partial charge in [-0.3, -0.25) is 0 Å². The molecule has 2 aromatic carbocycles. The van der Waals surface area contributed by atoms with Gasteiger partial charge in [-0.2, -0.15) is 0 Å². The number of benzene rings is 2. The van der Waals surface area contributed by atoms with Gasteiger partial charge in [0.1, 0.15) is 17.8 Å². The number of ether oxygens (including phenoxy) is 2. The third-order valence-corrected chi connectivity index (χ3v) is 5.85. The topological polar surface area (TPSA) is 69.7 Å². The average Bonchev–Trinajstić information content (AvgIpc) is 3.00. The van der Waals surface area contributed by atoms with Crippen LogP contribution in [0.15, 0.2) is 53.4 Å². The number of allylic oxidation sites excluding steroid dienone is 1. The maximum atomic E-state index is 13.0. The molecule has 3 rings (SSSR count). The first kappa shape index (κ1) is 16.3. The van der Waals surface area contributed by atoms with Crippen molar-refractivity contribution in [3.05, 3.63) is 59.7 Å². The molecule has 5 nitrogen and oxygen atoms in total. The van der Waals surface area contributed by atoms with Crippen LogP contribution in [0.2, 0.25) is 0 Å². The zero-order valence-electron chi connectivity index (χ0n) is 13.2. The second kappa shape index (κ2) is 6.13. The summed E-state index contributed by atoms with van der Waals surface area (Å²) in [6, 6.07) is 11.2. The Morgan fingerprint density at radius 1 is 0.958 bits per heavy atom. The van der Waals surface area contributed by atoms with E-state index < -0.39 is 15.8 Å². The molecule has 0 heterocycles. The number of aldehydes is 1. The average molecular weight is 344 g/mol. The molecule has 124 valence electrons. The molecule has 0 spiro atoms. The minimum atomic E-state index is -3.73. The Hall–Kier alpha value is -2.60. The molecule has 0 radical (unpaired) electrons. The van der Waals surface area contributed by atoms with Gasteiger partial charge in [-0.15, -0.1) is 0 Å². The maximum Gasteiger partial charge on any atom is 0.206 e. The van der Waals surface area contributed by atoms with Crippen molar-refractivity contribution in [2.24, 2.45) is 0 Å². The lowest BCUT2D eigenvalue weighted by molar-refractivity contribution is -0.108. The number of hydrogen-bond donors (Lipinski definition) is 0. The van der Waals surface area contributed by atoms with Crippen LogP contribution in [0.1, 0.15) is 17.0 Å². The molecule has 0 aromatic heterocycles. The van der Waals surface area contributed by atoms with E-state index in [4.69, 9.17) is 9.47 Å². The molecular weight excluding hydrogens is 328 g/mol. The second-order valence-electron chi connectivity index (χ2n) is 5.32. The van der Waals surface area contributed by atoms with E-state index in [0.717, 1.165) is 6.29 Å². The Labute approximate surface area is 140 Å². The van der Waals surface area contributed by atoms with E-state index in [2.05, 4.69) is 0 Å². The Morgan fingerprint density at radius 2 is 1.58 bits per heavy atom. The molecule has 0 N–H and O–H groups in total. The summed E-state index contributed by atoms with van der Waals surface area (Å²) in [6.45, 7) is 0. The van der Waals surface area contributed by atoms with Gasteiger partial charge in [-0.05, 0) is 53.6 Å². The van der Waals surface area contributed by atoms with E-state index in [1.807, 2.05) is 0 Å². The van der Waals surface area contributed by atoms with Gasteiger partial charge in [0.25, 0.3) is 0 Å².